The fourth-order valence-corrected chi connectivity index (χ4v) is 0.809. The van der Waals surface area contributed by atoms with Gasteiger partial charge in [0.1, 0.15) is 6.04 Å². The minimum absolute atomic E-state index is 0.126. The van der Waals surface area contributed by atoms with E-state index in [1.54, 1.807) is 0 Å². The molecule has 1 amide bonds. The molecule has 4 heteroatoms. The first-order chi connectivity index (χ1) is 5.11. The lowest BCUT2D eigenvalue weighted by molar-refractivity contribution is -0.145. The van der Waals surface area contributed by atoms with Crippen molar-refractivity contribution < 1.29 is 9.53 Å². The topological polar surface area (TPSA) is 64.3 Å². The van der Waals surface area contributed by atoms with Gasteiger partial charge in [0.25, 0.3) is 0 Å². The number of carbonyl (C=O) groups is 1. The van der Waals surface area contributed by atoms with E-state index in [1.165, 1.54) is 0 Å². The van der Waals surface area contributed by atoms with Crippen LogP contribution in [0.3, 0.4) is 0 Å². The molecule has 0 saturated carbocycles. The molecule has 0 bridgehead atoms. The highest BCUT2D eigenvalue weighted by Gasteiger charge is 2.36. The number of nitrogens with two attached hydrogens (primary N) is 1. The van der Waals surface area contributed by atoms with Crippen molar-refractivity contribution in [3.63, 3.8) is 0 Å². The molecule has 0 radical (unpaired) electrons. The maximum Gasteiger partial charge on any atom is 0.243 e. The lowest BCUT2D eigenvalue weighted by Gasteiger charge is -2.33. The van der Waals surface area contributed by atoms with Gasteiger partial charge in [-0.05, 0) is 5.92 Å². The number of nitrogens with one attached hydrogen (secondary N) is 1. The summed E-state index contributed by atoms with van der Waals surface area (Å²) >= 11 is 0. The largest absolute Gasteiger partial charge is 0.356 e. The molecule has 1 saturated heterocycles. The van der Waals surface area contributed by atoms with Gasteiger partial charge in [-0.1, -0.05) is 13.8 Å². The third kappa shape index (κ3) is 1.91. The van der Waals surface area contributed by atoms with Crippen LogP contribution in [0.1, 0.15) is 13.8 Å². The molecule has 64 valence electrons. The Labute approximate surface area is 66.1 Å². The molecule has 1 aliphatic heterocycles. The van der Waals surface area contributed by atoms with Crippen molar-refractivity contribution in [3.8, 4) is 0 Å². The molecule has 0 aromatic rings. The molecule has 3 N–H and O–H groups in total. The van der Waals surface area contributed by atoms with E-state index in [0.29, 0.717) is 12.5 Å². The summed E-state index contributed by atoms with van der Waals surface area (Å²) in [5.41, 5.74) is 5.42. The minimum atomic E-state index is -0.464. The van der Waals surface area contributed by atoms with Gasteiger partial charge < -0.3 is 15.8 Å². The number of amides is 1. The summed E-state index contributed by atoms with van der Waals surface area (Å²) in [5, 5.41) is 2.56. The SMILES string of the molecule is CC(C)CO[C@H]1NC(=O)[C@H]1N. The number of hydrogen-bond donors (Lipinski definition) is 2. The molecule has 0 aromatic heterocycles. The number of β-lactam (4-membered cyclic amide) rings is 1. The maximum absolute atomic E-state index is 10.6. The van der Waals surface area contributed by atoms with E-state index in [4.69, 9.17) is 10.5 Å². The van der Waals surface area contributed by atoms with Gasteiger partial charge in [-0.25, -0.2) is 0 Å². The zero-order valence-electron chi connectivity index (χ0n) is 6.83. The van der Waals surface area contributed by atoms with E-state index in [-0.39, 0.29) is 12.1 Å². The first-order valence-corrected chi connectivity index (χ1v) is 3.79. The van der Waals surface area contributed by atoms with E-state index in [0.717, 1.165) is 0 Å². The van der Waals surface area contributed by atoms with Gasteiger partial charge in [0.2, 0.25) is 5.91 Å². The Morgan fingerprint density at radius 2 is 2.36 bits per heavy atom. The molecule has 1 aliphatic rings. The van der Waals surface area contributed by atoms with Crippen LogP contribution in [0.25, 0.3) is 0 Å². The van der Waals surface area contributed by atoms with Crippen LogP contribution >= 0.6 is 0 Å². The van der Waals surface area contributed by atoms with E-state index in [2.05, 4.69) is 5.32 Å². The average molecular weight is 158 g/mol. The van der Waals surface area contributed by atoms with Gasteiger partial charge in [0, 0.05) is 0 Å². The molecular formula is C7H14N2O2. The Morgan fingerprint density at radius 1 is 1.73 bits per heavy atom. The summed E-state index contributed by atoms with van der Waals surface area (Å²) in [7, 11) is 0. The first kappa shape index (κ1) is 8.49. The zero-order valence-corrected chi connectivity index (χ0v) is 6.83. The molecule has 0 aromatic carbocycles. The van der Waals surface area contributed by atoms with Crippen LogP contribution in [0.4, 0.5) is 0 Å². The van der Waals surface area contributed by atoms with E-state index < -0.39 is 6.04 Å². The monoisotopic (exact) mass is 158 g/mol. The van der Waals surface area contributed by atoms with Crippen LogP contribution in [0.5, 0.6) is 0 Å². The number of carbonyl (C=O) groups excluding carboxylic acids is 1. The highest BCUT2D eigenvalue weighted by atomic mass is 16.5. The Kier molecular flexibility index (Phi) is 2.46. The number of ether oxygens (including phenoxy) is 1. The standard InChI is InChI=1S/C7H14N2O2/c1-4(2)3-11-7-5(8)6(10)9-7/h4-5,7H,3,8H2,1-2H3,(H,9,10)/t5-,7-/m1/s1. The van der Waals surface area contributed by atoms with Crippen molar-refractivity contribution in [3.05, 3.63) is 0 Å². The molecule has 1 rings (SSSR count). The molecule has 4 nitrogen and oxygen atoms in total. The summed E-state index contributed by atoms with van der Waals surface area (Å²) in [6.45, 7) is 4.73. The molecule has 11 heavy (non-hydrogen) atoms. The Morgan fingerprint density at radius 3 is 2.73 bits per heavy atom. The second kappa shape index (κ2) is 3.19. The normalized spacial score (nSPS) is 30.0. The highest BCUT2D eigenvalue weighted by molar-refractivity contribution is 5.88. The maximum atomic E-state index is 10.6. The Balaban J connectivity index is 2.15. The predicted molar refractivity (Wildman–Crippen MR) is 40.7 cm³/mol. The third-order valence-electron chi connectivity index (χ3n) is 1.52. The molecule has 1 heterocycles. The van der Waals surface area contributed by atoms with Gasteiger partial charge in [-0.3, -0.25) is 4.79 Å². The van der Waals surface area contributed by atoms with Gasteiger partial charge in [0.05, 0.1) is 6.61 Å². The lowest BCUT2D eigenvalue weighted by Crippen LogP contribution is -2.67. The van der Waals surface area contributed by atoms with Crippen molar-refractivity contribution in [2.24, 2.45) is 11.7 Å². The van der Waals surface area contributed by atoms with E-state index in [1.807, 2.05) is 13.8 Å². The van der Waals surface area contributed by atoms with Gasteiger partial charge in [-0.15, -0.1) is 0 Å². The third-order valence-corrected chi connectivity index (χ3v) is 1.52. The van der Waals surface area contributed by atoms with Gasteiger partial charge in [-0.2, -0.15) is 0 Å². The highest BCUT2D eigenvalue weighted by Crippen LogP contribution is 2.06. The van der Waals surface area contributed by atoms with Crippen molar-refractivity contribution in [1.29, 1.82) is 0 Å². The molecule has 0 aliphatic carbocycles. The first-order valence-electron chi connectivity index (χ1n) is 3.79. The second-order valence-electron chi connectivity index (χ2n) is 3.18. The fourth-order valence-electron chi connectivity index (χ4n) is 0.809. The number of hydrogen-bond acceptors (Lipinski definition) is 3. The van der Waals surface area contributed by atoms with Gasteiger partial charge in [0.15, 0.2) is 6.23 Å². The average Bonchev–Trinajstić information content (AvgIpc) is 1.96. The quantitative estimate of drug-likeness (QED) is 0.541. The van der Waals surface area contributed by atoms with E-state index >= 15 is 0 Å². The Hall–Kier alpha value is -0.610. The molecule has 0 unspecified atom stereocenters. The van der Waals surface area contributed by atoms with Crippen LogP contribution in [0.2, 0.25) is 0 Å². The summed E-state index contributed by atoms with van der Waals surface area (Å²) in [4.78, 5) is 10.6. The second-order valence-corrected chi connectivity index (χ2v) is 3.18. The van der Waals surface area contributed by atoms with Crippen LogP contribution in [-0.2, 0) is 9.53 Å². The van der Waals surface area contributed by atoms with Crippen LogP contribution in [0.15, 0.2) is 0 Å². The predicted octanol–water partition coefficient (Wildman–Crippen LogP) is -0.558. The van der Waals surface area contributed by atoms with Crippen molar-refractivity contribution >= 4 is 5.91 Å². The van der Waals surface area contributed by atoms with E-state index in [9.17, 15) is 4.79 Å². The summed E-state index contributed by atoms with van der Waals surface area (Å²) in [6, 6.07) is -0.464. The van der Waals surface area contributed by atoms with Gasteiger partial charge >= 0.3 is 0 Å². The van der Waals surface area contributed by atoms with Crippen molar-refractivity contribution in [2.75, 3.05) is 6.61 Å². The van der Waals surface area contributed by atoms with Crippen LogP contribution < -0.4 is 11.1 Å². The van der Waals surface area contributed by atoms with Crippen LogP contribution in [0, 0.1) is 5.92 Å². The number of rotatable bonds is 3. The molecule has 1 fully saturated rings. The Bertz CT molecular complexity index is 159. The summed E-state index contributed by atoms with van der Waals surface area (Å²) < 4.78 is 5.27. The smallest absolute Gasteiger partial charge is 0.243 e. The van der Waals surface area contributed by atoms with Crippen LogP contribution in [-0.4, -0.2) is 24.8 Å². The lowest BCUT2D eigenvalue weighted by atomic mass is 10.1. The van der Waals surface area contributed by atoms with Crippen molar-refractivity contribution in [2.45, 2.75) is 26.1 Å². The molecule has 2 atom stereocenters. The summed E-state index contributed by atoms with van der Waals surface area (Å²) in [5.74, 6) is 0.346. The minimum Gasteiger partial charge on any atom is -0.356 e. The molecule has 0 spiro atoms. The molecular weight excluding hydrogens is 144 g/mol. The zero-order chi connectivity index (χ0) is 8.43. The summed E-state index contributed by atoms with van der Waals surface area (Å²) in [6.07, 6.45) is -0.259. The van der Waals surface area contributed by atoms with Crippen molar-refractivity contribution in [1.82, 2.24) is 5.32 Å². The fraction of sp³-hybridized carbons (Fsp3) is 0.857.